The number of pyridine rings is 1. The van der Waals surface area contributed by atoms with Gasteiger partial charge >= 0.3 is 12.1 Å². The lowest BCUT2D eigenvalue weighted by Gasteiger charge is -2.33. The number of sulfonamides is 1. The molecular formula is C41H50ClF4N3O9S. The van der Waals surface area contributed by atoms with E-state index in [0.29, 0.717) is 54.8 Å². The molecule has 6 rings (SSSR count). The van der Waals surface area contributed by atoms with Crippen molar-refractivity contribution in [1.29, 1.82) is 0 Å². The van der Waals surface area contributed by atoms with E-state index in [9.17, 15) is 45.2 Å². The fourth-order valence-corrected chi connectivity index (χ4v) is 10.0. The fraction of sp³-hybridized carbons (Fsp3) is 0.634. The number of methoxy groups -OCH3 is 1. The first-order valence-corrected chi connectivity index (χ1v) is 21.6. The van der Waals surface area contributed by atoms with Crippen LogP contribution < -0.4 is 14.2 Å². The van der Waals surface area contributed by atoms with Gasteiger partial charge in [-0.2, -0.15) is 13.2 Å². The van der Waals surface area contributed by atoms with Gasteiger partial charge in [-0.3, -0.25) is 23.9 Å². The Morgan fingerprint density at radius 1 is 1.10 bits per heavy atom. The van der Waals surface area contributed by atoms with Crippen LogP contribution in [-0.2, 0) is 33.9 Å². The second-order valence-corrected chi connectivity index (χ2v) is 19.8. The minimum absolute atomic E-state index is 0.0278. The van der Waals surface area contributed by atoms with E-state index >= 15 is 0 Å². The number of nitrogens with one attached hydrogen (secondary N) is 1. The molecule has 1 saturated heterocycles. The quantitative estimate of drug-likeness (QED) is 0.149. The molecule has 4 aliphatic rings. The Balaban J connectivity index is 1.35. The highest BCUT2D eigenvalue weighted by Crippen LogP contribution is 2.58. The topological polar surface area (TPSA) is 158 Å². The minimum atomic E-state index is -4.89. The maximum absolute atomic E-state index is 14.8. The van der Waals surface area contributed by atoms with Crippen molar-refractivity contribution in [2.45, 2.75) is 114 Å². The van der Waals surface area contributed by atoms with Crippen molar-refractivity contribution in [3.63, 3.8) is 0 Å². The maximum atomic E-state index is 14.8. The summed E-state index contributed by atoms with van der Waals surface area (Å²) in [7, 11) is -2.94. The van der Waals surface area contributed by atoms with Crippen molar-refractivity contribution in [3.05, 3.63) is 41.4 Å². The van der Waals surface area contributed by atoms with Crippen LogP contribution in [0.3, 0.4) is 0 Å². The van der Waals surface area contributed by atoms with Gasteiger partial charge in [-0.1, -0.05) is 37.6 Å². The summed E-state index contributed by atoms with van der Waals surface area (Å²) in [5.41, 5.74) is -3.92. The van der Waals surface area contributed by atoms with Crippen LogP contribution in [0.1, 0.15) is 85.5 Å². The maximum Gasteiger partial charge on any atom is 0.427 e. The lowest BCUT2D eigenvalue weighted by Crippen LogP contribution is -2.49. The second-order valence-electron chi connectivity index (χ2n) is 17.3. The highest BCUT2D eigenvalue weighted by molar-refractivity contribution is 7.91. The van der Waals surface area contributed by atoms with Crippen LogP contribution in [0.25, 0.3) is 10.9 Å². The molecule has 3 fully saturated rings. The number of ether oxygens (including phenoxy) is 3. The third-order valence-corrected chi connectivity index (χ3v) is 14.9. The van der Waals surface area contributed by atoms with Gasteiger partial charge in [0.05, 0.1) is 48.0 Å². The van der Waals surface area contributed by atoms with Crippen LogP contribution in [0.15, 0.2) is 36.4 Å². The number of esters is 1. The van der Waals surface area contributed by atoms with Gasteiger partial charge < -0.3 is 19.1 Å². The number of hydrogen-bond donors (Lipinski definition) is 1. The molecule has 1 aromatic carbocycles. The minimum Gasteiger partial charge on any atom is -0.497 e. The van der Waals surface area contributed by atoms with Crippen molar-refractivity contribution >= 4 is 56.1 Å². The van der Waals surface area contributed by atoms with E-state index in [4.69, 9.17) is 25.8 Å². The number of ketones is 1. The molecule has 2 aromatic rings. The molecule has 2 aliphatic carbocycles. The van der Waals surface area contributed by atoms with E-state index < -0.39 is 105 Å². The first-order chi connectivity index (χ1) is 27.5. The molecule has 3 heterocycles. The average molecular weight is 872 g/mol. The van der Waals surface area contributed by atoms with Gasteiger partial charge in [-0.05, 0) is 82.3 Å². The highest BCUT2D eigenvalue weighted by atomic mass is 35.5. The van der Waals surface area contributed by atoms with Gasteiger partial charge in [-0.15, -0.1) is 0 Å². The number of amides is 2. The Morgan fingerprint density at radius 2 is 1.81 bits per heavy atom. The lowest BCUT2D eigenvalue weighted by molar-refractivity contribution is -0.257. The number of carbonyl (C=O) groups excluding carboxylic acids is 4. The third kappa shape index (κ3) is 9.20. The molecule has 18 heteroatoms. The molecule has 1 aromatic heterocycles. The number of fused-ring (bicyclic) bond motifs is 3. The van der Waals surface area contributed by atoms with Crippen LogP contribution in [0.5, 0.6) is 11.6 Å². The summed E-state index contributed by atoms with van der Waals surface area (Å²) in [4.78, 5) is 62.4. The monoisotopic (exact) mass is 871 g/mol. The summed E-state index contributed by atoms with van der Waals surface area (Å²) < 4.78 is 98.4. The molecule has 324 valence electrons. The number of nitrogens with zero attached hydrogens (tertiary/aromatic N) is 2. The van der Waals surface area contributed by atoms with Gasteiger partial charge in [0.1, 0.15) is 23.3 Å². The Hall–Kier alpha value is -3.99. The van der Waals surface area contributed by atoms with E-state index in [1.807, 2.05) is 13.0 Å². The Kier molecular flexibility index (Phi) is 12.4. The fourth-order valence-electron chi connectivity index (χ4n) is 8.30. The molecule has 1 N–H and O–H groups in total. The first kappa shape index (κ1) is 44.6. The average Bonchev–Trinajstić information content (AvgIpc) is 4.05. The number of rotatable bonds is 10. The Labute approximate surface area is 345 Å². The summed E-state index contributed by atoms with van der Waals surface area (Å²) in [6.45, 7) is 3.72. The number of benzene rings is 1. The van der Waals surface area contributed by atoms with E-state index in [2.05, 4.69) is 9.71 Å². The molecule has 0 unspecified atom stereocenters. The molecule has 7 atom stereocenters. The Bertz CT molecular complexity index is 2130. The number of halogens is 5. The van der Waals surface area contributed by atoms with Crippen molar-refractivity contribution in [2.24, 2.45) is 29.1 Å². The first-order valence-electron chi connectivity index (χ1n) is 19.8. The normalized spacial score (nSPS) is 29.4. The predicted octanol–water partition coefficient (Wildman–Crippen LogP) is 7.06. The highest BCUT2D eigenvalue weighted by Gasteiger charge is 2.63. The van der Waals surface area contributed by atoms with E-state index in [1.165, 1.54) is 18.1 Å². The third-order valence-electron chi connectivity index (χ3n) is 12.5. The van der Waals surface area contributed by atoms with Crippen LogP contribution >= 0.6 is 11.6 Å². The second kappa shape index (κ2) is 16.5. The molecule has 0 spiro atoms. The standard InChI is InChI=1S/C41H50ClF4N3O9S/c1-23-8-6-7-9-25-19-40(25,37(53)48-59(54,55)39(22-43)12-13-39)20-33(50)32-16-27(57-34-18-30(42)28-11-10-26(56-5)15-31(28)47-34)21-49(32)36(52)29(24(2)14-23)17-35(51)58-38(3,4)41(44,45)46/h7,9-11,15,18,23-25,27,29,32H,6,8,12-14,16-17,19-22H2,1-5H3,(H,48,53)/b9-7-/t23-,24-,25-,27-,29+,32+,40-/m1/s1. The van der Waals surface area contributed by atoms with Gasteiger partial charge in [0.2, 0.25) is 33.3 Å². The molecule has 2 amide bonds. The summed E-state index contributed by atoms with van der Waals surface area (Å²) in [5.74, 6) is -5.22. The molecule has 0 radical (unpaired) electrons. The number of Topliss-reactive ketones (excluding diaryl/α,β-unsaturated/α-hetero) is 1. The number of alkyl halides is 4. The molecule has 2 aliphatic heterocycles. The predicted molar refractivity (Wildman–Crippen MR) is 209 cm³/mol. The number of carbonyl (C=O) groups is 4. The lowest BCUT2D eigenvalue weighted by atomic mass is 9.82. The van der Waals surface area contributed by atoms with Crippen molar-refractivity contribution in [2.75, 3.05) is 20.3 Å². The molecule has 12 nitrogen and oxygen atoms in total. The van der Waals surface area contributed by atoms with Crippen LogP contribution in [-0.4, -0.2) is 90.9 Å². The number of aromatic nitrogens is 1. The summed E-state index contributed by atoms with van der Waals surface area (Å²) in [6, 6.07) is 5.30. The zero-order valence-electron chi connectivity index (χ0n) is 33.6. The van der Waals surface area contributed by atoms with Crippen LogP contribution in [0.2, 0.25) is 5.02 Å². The summed E-state index contributed by atoms with van der Waals surface area (Å²) in [5, 5.41) is 0.904. The van der Waals surface area contributed by atoms with Gasteiger partial charge in [0.15, 0.2) is 5.78 Å². The number of allylic oxidation sites excluding steroid dienone is 2. The zero-order valence-corrected chi connectivity index (χ0v) is 35.1. The van der Waals surface area contributed by atoms with E-state index in [0.717, 1.165) is 0 Å². The van der Waals surface area contributed by atoms with Crippen molar-refractivity contribution in [1.82, 2.24) is 14.6 Å². The zero-order chi connectivity index (χ0) is 43.3. The number of hydrogen-bond acceptors (Lipinski definition) is 10. The van der Waals surface area contributed by atoms with Crippen molar-refractivity contribution < 1.29 is 59.4 Å². The summed E-state index contributed by atoms with van der Waals surface area (Å²) in [6.07, 6.45) is -1.67. The smallest absolute Gasteiger partial charge is 0.427 e. The van der Waals surface area contributed by atoms with Gasteiger partial charge in [0, 0.05) is 30.4 Å². The molecule has 2 saturated carbocycles. The van der Waals surface area contributed by atoms with Crippen LogP contribution in [0.4, 0.5) is 17.6 Å². The largest absolute Gasteiger partial charge is 0.497 e. The van der Waals surface area contributed by atoms with Crippen LogP contribution in [0, 0.1) is 29.1 Å². The van der Waals surface area contributed by atoms with Crippen molar-refractivity contribution in [3.8, 4) is 11.6 Å². The SMILES string of the molecule is COc1ccc2c(Cl)cc(O[C@@H]3C[C@H]4C(=O)C[C@]5(C(=O)NS(=O)(=O)C6(CF)CC6)C[C@H]5/C=C\CC[C@@H](C)C[C@@H](C)[C@H](CC(=O)OC(C)(C)C(F)(F)F)C(=O)N4C3)nc2c1. The van der Waals surface area contributed by atoms with Gasteiger partial charge in [0.25, 0.3) is 0 Å². The summed E-state index contributed by atoms with van der Waals surface area (Å²) >= 11 is 6.58. The molecule has 0 bridgehead atoms. The Morgan fingerprint density at radius 3 is 2.46 bits per heavy atom. The van der Waals surface area contributed by atoms with Gasteiger partial charge in [-0.25, -0.2) is 17.8 Å². The molecular weight excluding hydrogens is 822 g/mol. The van der Waals surface area contributed by atoms with E-state index in [-0.39, 0.29) is 44.0 Å². The van der Waals surface area contributed by atoms with E-state index in [1.54, 1.807) is 31.2 Å². The molecule has 59 heavy (non-hydrogen) atoms.